The van der Waals surface area contributed by atoms with Crippen LogP contribution < -0.4 is 5.32 Å². The van der Waals surface area contributed by atoms with Crippen molar-refractivity contribution >= 4 is 23.2 Å². The van der Waals surface area contributed by atoms with Crippen molar-refractivity contribution in [2.75, 3.05) is 25.3 Å². The summed E-state index contributed by atoms with van der Waals surface area (Å²) in [6.45, 7) is 4.46. The largest absolute Gasteiger partial charge is 0.325 e. The molecule has 1 amide bonds. The zero-order valence-electron chi connectivity index (χ0n) is 11.5. The number of alkyl halides is 1. The molecule has 0 aliphatic rings. The lowest BCUT2D eigenvalue weighted by molar-refractivity contribution is -0.122. The van der Waals surface area contributed by atoms with Gasteiger partial charge in [0.05, 0.1) is 5.41 Å². The summed E-state index contributed by atoms with van der Waals surface area (Å²) in [6.07, 6.45) is 0. The maximum atomic E-state index is 12.1. The van der Waals surface area contributed by atoms with Gasteiger partial charge in [0, 0.05) is 18.1 Å². The number of nitrogens with zero attached hydrogens (tertiary/aromatic N) is 1. The number of carbonyl (C=O) groups is 1. The van der Waals surface area contributed by atoms with Crippen LogP contribution in [-0.4, -0.2) is 30.8 Å². The van der Waals surface area contributed by atoms with Crippen LogP contribution in [0.3, 0.4) is 0 Å². The third kappa shape index (κ3) is 4.00. The number of nitrogens with one attached hydrogen (secondary N) is 1. The summed E-state index contributed by atoms with van der Waals surface area (Å²) in [5.41, 5.74) is 1.39. The van der Waals surface area contributed by atoms with Gasteiger partial charge in [-0.2, -0.15) is 0 Å². The Morgan fingerprint density at radius 2 is 1.94 bits per heavy atom. The van der Waals surface area contributed by atoms with Crippen LogP contribution in [0.15, 0.2) is 24.3 Å². The predicted molar refractivity (Wildman–Crippen MR) is 77.0 cm³/mol. The van der Waals surface area contributed by atoms with Crippen LogP contribution in [0, 0.1) is 5.41 Å². The van der Waals surface area contributed by atoms with Gasteiger partial charge in [-0.3, -0.25) is 4.79 Å². The molecule has 4 heteroatoms. The second kappa shape index (κ2) is 6.21. The molecule has 0 aliphatic carbocycles. The van der Waals surface area contributed by atoms with Crippen molar-refractivity contribution < 1.29 is 4.79 Å². The van der Waals surface area contributed by atoms with Crippen LogP contribution in [0.25, 0.3) is 0 Å². The highest BCUT2D eigenvalue weighted by molar-refractivity contribution is 6.20. The minimum Gasteiger partial charge on any atom is -0.325 e. The summed E-state index contributed by atoms with van der Waals surface area (Å²) in [4.78, 5) is 14.2. The van der Waals surface area contributed by atoms with Crippen molar-refractivity contribution in [2.45, 2.75) is 20.4 Å². The third-order valence-corrected chi connectivity index (χ3v) is 3.37. The molecule has 3 nitrogen and oxygen atoms in total. The Hall–Kier alpha value is -1.06. The molecule has 18 heavy (non-hydrogen) atoms. The van der Waals surface area contributed by atoms with Gasteiger partial charge in [0.25, 0.3) is 0 Å². The van der Waals surface area contributed by atoms with E-state index in [-0.39, 0.29) is 5.91 Å². The second-order valence-corrected chi connectivity index (χ2v) is 5.63. The predicted octanol–water partition coefficient (Wildman–Crippen LogP) is 2.95. The number of hydrogen-bond acceptors (Lipinski definition) is 2. The smallest absolute Gasteiger partial charge is 0.231 e. The SMILES string of the molecule is CN(C)Cc1ccccc1NC(=O)C(C)(C)CCl. The van der Waals surface area contributed by atoms with Gasteiger partial charge in [0.15, 0.2) is 0 Å². The van der Waals surface area contributed by atoms with Gasteiger partial charge in [0.1, 0.15) is 0 Å². The molecular weight excluding hydrogens is 248 g/mol. The Labute approximate surface area is 114 Å². The first kappa shape index (κ1) is 15.0. The van der Waals surface area contributed by atoms with Gasteiger partial charge in [-0.15, -0.1) is 11.6 Å². The van der Waals surface area contributed by atoms with Crippen molar-refractivity contribution in [3.63, 3.8) is 0 Å². The quantitative estimate of drug-likeness (QED) is 0.833. The molecule has 0 fully saturated rings. The number of amides is 1. The third-order valence-electron chi connectivity index (χ3n) is 2.70. The summed E-state index contributed by atoms with van der Waals surface area (Å²) in [5, 5.41) is 2.96. The van der Waals surface area contributed by atoms with Crippen LogP contribution in [0.4, 0.5) is 5.69 Å². The van der Waals surface area contributed by atoms with Crippen LogP contribution >= 0.6 is 11.6 Å². The topological polar surface area (TPSA) is 32.3 Å². The van der Waals surface area contributed by atoms with E-state index in [0.717, 1.165) is 17.8 Å². The molecule has 0 aromatic heterocycles. The average molecular weight is 269 g/mol. The number of hydrogen-bond donors (Lipinski definition) is 1. The fraction of sp³-hybridized carbons (Fsp3) is 0.500. The van der Waals surface area contributed by atoms with Gasteiger partial charge < -0.3 is 10.2 Å². The zero-order chi connectivity index (χ0) is 13.8. The van der Waals surface area contributed by atoms with E-state index in [1.54, 1.807) is 0 Å². The van der Waals surface area contributed by atoms with E-state index in [9.17, 15) is 4.79 Å². The lowest BCUT2D eigenvalue weighted by Gasteiger charge is -2.22. The molecule has 0 radical (unpaired) electrons. The van der Waals surface area contributed by atoms with Gasteiger partial charge in [-0.25, -0.2) is 0 Å². The number of halogens is 1. The fourth-order valence-electron chi connectivity index (χ4n) is 1.47. The van der Waals surface area contributed by atoms with E-state index >= 15 is 0 Å². The molecular formula is C14H21ClN2O. The van der Waals surface area contributed by atoms with E-state index in [1.807, 2.05) is 52.2 Å². The van der Waals surface area contributed by atoms with Crippen LogP contribution in [-0.2, 0) is 11.3 Å². The van der Waals surface area contributed by atoms with Crippen molar-refractivity contribution in [1.82, 2.24) is 4.90 Å². The molecule has 1 aromatic carbocycles. The standard InChI is InChI=1S/C14H21ClN2O/c1-14(2,10-15)13(18)16-12-8-6-5-7-11(12)9-17(3)4/h5-8H,9-10H2,1-4H3,(H,16,18). The van der Waals surface area contributed by atoms with Crippen LogP contribution in [0.5, 0.6) is 0 Å². The molecule has 0 unspecified atom stereocenters. The summed E-state index contributed by atoms with van der Waals surface area (Å²) >= 11 is 5.81. The first-order chi connectivity index (χ1) is 8.36. The zero-order valence-corrected chi connectivity index (χ0v) is 12.2. The van der Waals surface area contributed by atoms with Gasteiger partial charge in [0.2, 0.25) is 5.91 Å². The highest BCUT2D eigenvalue weighted by atomic mass is 35.5. The van der Waals surface area contributed by atoms with Crippen molar-refractivity contribution in [3.05, 3.63) is 29.8 Å². The number of rotatable bonds is 5. The molecule has 0 saturated heterocycles. The molecule has 0 atom stereocenters. The first-order valence-corrected chi connectivity index (χ1v) is 6.50. The van der Waals surface area contributed by atoms with Crippen LogP contribution in [0.2, 0.25) is 0 Å². The summed E-state index contributed by atoms with van der Waals surface area (Å²) in [6, 6.07) is 7.83. The van der Waals surface area contributed by atoms with Crippen molar-refractivity contribution in [2.24, 2.45) is 5.41 Å². The molecule has 0 spiro atoms. The van der Waals surface area contributed by atoms with E-state index < -0.39 is 5.41 Å². The monoisotopic (exact) mass is 268 g/mol. The highest BCUT2D eigenvalue weighted by Gasteiger charge is 2.26. The van der Waals surface area contributed by atoms with Gasteiger partial charge >= 0.3 is 0 Å². The summed E-state index contributed by atoms with van der Waals surface area (Å²) in [7, 11) is 4.00. The minimum atomic E-state index is -0.563. The van der Waals surface area contributed by atoms with E-state index in [4.69, 9.17) is 11.6 Å². The lowest BCUT2D eigenvalue weighted by Crippen LogP contribution is -2.32. The summed E-state index contributed by atoms with van der Waals surface area (Å²) in [5.74, 6) is 0.248. The lowest BCUT2D eigenvalue weighted by atomic mass is 9.95. The molecule has 0 bridgehead atoms. The molecule has 0 aliphatic heterocycles. The number of carbonyl (C=O) groups excluding carboxylic acids is 1. The maximum Gasteiger partial charge on any atom is 0.231 e. The Morgan fingerprint density at radius 1 is 1.33 bits per heavy atom. The van der Waals surface area contributed by atoms with E-state index in [0.29, 0.717) is 5.88 Å². The Bertz CT molecular complexity index is 416. The van der Waals surface area contributed by atoms with E-state index in [1.165, 1.54) is 0 Å². The normalized spacial score (nSPS) is 11.7. The highest BCUT2D eigenvalue weighted by Crippen LogP contribution is 2.22. The summed E-state index contributed by atoms with van der Waals surface area (Å²) < 4.78 is 0. The average Bonchev–Trinajstić information content (AvgIpc) is 2.31. The Morgan fingerprint density at radius 3 is 2.50 bits per heavy atom. The number of anilines is 1. The minimum absolute atomic E-state index is 0.0521. The Kier molecular flexibility index (Phi) is 5.17. The molecule has 100 valence electrons. The molecule has 1 aromatic rings. The van der Waals surface area contributed by atoms with Crippen molar-refractivity contribution in [1.29, 1.82) is 0 Å². The van der Waals surface area contributed by atoms with Crippen molar-refractivity contribution in [3.8, 4) is 0 Å². The molecule has 1 rings (SSSR count). The number of benzene rings is 1. The van der Waals surface area contributed by atoms with Crippen LogP contribution in [0.1, 0.15) is 19.4 Å². The number of para-hydroxylation sites is 1. The second-order valence-electron chi connectivity index (χ2n) is 5.37. The molecule has 0 saturated carbocycles. The molecule has 1 N–H and O–H groups in total. The first-order valence-electron chi connectivity index (χ1n) is 5.97. The Balaban J connectivity index is 2.87. The van der Waals surface area contributed by atoms with Gasteiger partial charge in [-0.05, 0) is 39.6 Å². The van der Waals surface area contributed by atoms with Gasteiger partial charge in [-0.1, -0.05) is 18.2 Å². The van der Waals surface area contributed by atoms with E-state index in [2.05, 4.69) is 10.2 Å². The fourth-order valence-corrected chi connectivity index (χ4v) is 1.59. The maximum absolute atomic E-state index is 12.1. The molecule has 0 heterocycles.